The van der Waals surface area contributed by atoms with Gasteiger partial charge in [-0.2, -0.15) is 5.10 Å². The molecule has 6 nitrogen and oxygen atoms in total. The van der Waals surface area contributed by atoms with Gasteiger partial charge in [0.05, 0.1) is 18.3 Å². The van der Waals surface area contributed by atoms with Gasteiger partial charge in [-0.1, -0.05) is 36.4 Å². The van der Waals surface area contributed by atoms with Gasteiger partial charge in [0.1, 0.15) is 12.6 Å². The molecule has 6 heteroatoms. The number of hydrogen-bond donors (Lipinski definition) is 1. The van der Waals surface area contributed by atoms with Crippen molar-refractivity contribution in [3.63, 3.8) is 0 Å². The van der Waals surface area contributed by atoms with E-state index in [1.165, 1.54) is 0 Å². The number of rotatable bonds is 4. The number of hydrogen-bond acceptors (Lipinski definition) is 3. The molecule has 1 unspecified atom stereocenters. The van der Waals surface area contributed by atoms with E-state index < -0.39 is 6.04 Å². The van der Waals surface area contributed by atoms with Gasteiger partial charge in [-0.25, -0.2) is 0 Å². The Morgan fingerprint density at radius 2 is 1.88 bits per heavy atom. The highest BCUT2D eigenvalue weighted by Crippen LogP contribution is 2.21. The van der Waals surface area contributed by atoms with Gasteiger partial charge >= 0.3 is 0 Å². The number of nitrogens with one attached hydrogen (secondary N) is 1. The molecular formula is C18H16N4O2. The maximum Gasteiger partial charge on any atom is 0.251 e. The zero-order valence-electron chi connectivity index (χ0n) is 12.9. The minimum Gasteiger partial charge on any atom is -0.341 e. The summed E-state index contributed by atoms with van der Waals surface area (Å²) in [5.74, 6) is -0.296. The lowest BCUT2D eigenvalue weighted by atomic mass is 10.1. The Morgan fingerprint density at radius 3 is 2.67 bits per heavy atom. The van der Waals surface area contributed by atoms with Crippen LogP contribution in [0.25, 0.3) is 10.9 Å². The Bertz CT molecular complexity index is 904. The van der Waals surface area contributed by atoms with E-state index in [1.54, 1.807) is 15.8 Å². The highest BCUT2D eigenvalue weighted by Gasteiger charge is 2.38. The third-order valence-electron chi connectivity index (χ3n) is 4.18. The van der Waals surface area contributed by atoms with Crippen LogP contribution in [0.15, 0.2) is 60.8 Å². The number of β-lactam (4-membered cyclic amide) rings is 1. The molecule has 1 saturated heterocycles. The van der Waals surface area contributed by atoms with Gasteiger partial charge in [-0.3, -0.25) is 14.3 Å². The fraction of sp³-hybridized carbons (Fsp3) is 0.167. The Kier molecular flexibility index (Phi) is 3.49. The largest absolute Gasteiger partial charge is 0.341 e. The van der Waals surface area contributed by atoms with Gasteiger partial charge in [0.25, 0.3) is 5.91 Å². The van der Waals surface area contributed by atoms with E-state index in [9.17, 15) is 9.59 Å². The Balaban J connectivity index is 1.38. The summed E-state index contributed by atoms with van der Waals surface area (Å²) >= 11 is 0. The summed E-state index contributed by atoms with van der Waals surface area (Å²) in [6, 6.07) is 16.7. The number of carbonyl (C=O) groups excluding carboxylic acids is 2. The first-order valence-electron chi connectivity index (χ1n) is 7.79. The number of carbonyl (C=O) groups is 2. The summed E-state index contributed by atoms with van der Waals surface area (Å²) in [6.07, 6.45) is 1.73. The first kappa shape index (κ1) is 14.4. The third-order valence-corrected chi connectivity index (χ3v) is 4.18. The molecule has 120 valence electrons. The first-order chi connectivity index (χ1) is 11.7. The molecule has 1 aliphatic heterocycles. The molecule has 0 saturated carbocycles. The molecule has 0 spiro atoms. The highest BCUT2D eigenvalue weighted by atomic mass is 16.2. The molecule has 2 heterocycles. The average Bonchev–Trinajstić information content (AvgIpc) is 3.02. The molecule has 4 rings (SSSR count). The summed E-state index contributed by atoms with van der Waals surface area (Å²) in [5.41, 5.74) is 1.75. The number of amides is 2. The lowest BCUT2D eigenvalue weighted by Gasteiger charge is -2.38. The van der Waals surface area contributed by atoms with E-state index in [2.05, 4.69) is 10.4 Å². The van der Waals surface area contributed by atoms with Crippen molar-refractivity contribution in [1.82, 2.24) is 15.1 Å². The Morgan fingerprint density at radius 1 is 1.12 bits per heavy atom. The summed E-state index contributed by atoms with van der Waals surface area (Å²) in [6.45, 7) is 0.594. The summed E-state index contributed by atoms with van der Waals surface area (Å²) in [7, 11) is 0. The van der Waals surface area contributed by atoms with Crippen molar-refractivity contribution >= 4 is 28.4 Å². The van der Waals surface area contributed by atoms with Crippen molar-refractivity contribution < 1.29 is 9.59 Å². The summed E-state index contributed by atoms with van der Waals surface area (Å²) in [5, 5.41) is 7.99. The first-order valence-corrected chi connectivity index (χ1v) is 7.79. The zero-order chi connectivity index (χ0) is 16.5. The fourth-order valence-corrected chi connectivity index (χ4v) is 2.90. The lowest BCUT2D eigenvalue weighted by molar-refractivity contribution is -0.131. The smallest absolute Gasteiger partial charge is 0.251 e. The van der Waals surface area contributed by atoms with Gasteiger partial charge < -0.3 is 10.2 Å². The SMILES string of the molecule is O=C(Cn1ncc2ccccc21)NC1CN(c2ccccc2)C1=O. The summed E-state index contributed by atoms with van der Waals surface area (Å²) < 4.78 is 1.64. The van der Waals surface area contributed by atoms with Crippen LogP contribution in [0.3, 0.4) is 0 Å². The van der Waals surface area contributed by atoms with Gasteiger partial charge in [-0.05, 0) is 18.2 Å². The average molecular weight is 320 g/mol. The molecule has 2 aromatic carbocycles. The summed E-state index contributed by atoms with van der Waals surface area (Å²) in [4.78, 5) is 26.1. The second-order valence-electron chi connectivity index (χ2n) is 5.77. The van der Waals surface area contributed by atoms with Gasteiger partial charge in [0.15, 0.2) is 0 Å². The van der Waals surface area contributed by atoms with Crippen LogP contribution in [0.5, 0.6) is 0 Å². The van der Waals surface area contributed by atoms with Crippen molar-refractivity contribution in [2.24, 2.45) is 0 Å². The van der Waals surface area contributed by atoms with E-state index in [0.717, 1.165) is 16.6 Å². The number of anilines is 1. The second kappa shape index (κ2) is 5.81. The van der Waals surface area contributed by atoms with Crippen LogP contribution in [0.1, 0.15) is 0 Å². The molecule has 24 heavy (non-hydrogen) atoms. The van der Waals surface area contributed by atoms with Crippen LogP contribution in [0.4, 0.5) is 5.69 Å². The van der Waals surface area contributed by atoms with Crippen LogP contribution in [-0.4, -0.2) is 34.2 Å². The predicted molar refractivity (Wildman–Crippen MR) is 90.5 cm³/mol. The van der Waals surface area contributed by atoms with E-state index in [0.29, 0.717) is 6.54 Å². The number of nitrogens with zero attached hydrogens (tertiary/aromatic N) is 3. The fourth-order valence-electron chi connectivity index (χ4n) is 2.90. The maximum atomic E-state index is 12.2. The quantitative estimate of drug-likeness (QED) is 0.742. The minimum atomic E-state index is -0.459. The Labute approximate surface area is 138 Å². The zero-order valence-corrected chi connectivity index (χ0v) is 12.9. The molecule has 1 fully saturated rings. The predicted octanol–water partition coefficient (Wildman–Crippen LogP) is 1.57. The topological polar surface area (TPSA) is 67.2 Å². The van der Waals surface area contributed by atoms with Crippen molar-refractivity contribution in [2.45, 2.75) is 12.6 Å². The van der Waals surface area contributed by atoms with E-state index in [4.69, 9.17) is 0 Å². The van der Waals surface area contributed by atoms with Gasteiger partial charge in [0, 0.05) is 11.1 Å². The van der Waals surface area contributed by atoms with Crippen LogP contribution >= 0.6 is 0 Å². The van der Waals surface area contributed by atoms with Crippen molar-refractivity contribution in [2.75, 3.05) is 11.4 Å². The number of aromatic nitrogens is 2. The molecule has 3 aromatic rings. The number of benzene rings is 2. The van der Waals surface area contributed by atoms with Crippen LogP contribution < -0.4 is 10.2 Å². The minimum absolute atomic E-state index is 0.0835. The number of fused-ring (bicyclic) bond motifs is 1. The molecule has 1 aromatic heterocycles. The molecule has 1 N–H and O–H groups in total. The van der Waals surface area contributed by atoms with Crippen LogP contribution in [-0.2, 0) is 16.1 Å². The molecular weight excluding hydrogens is 304 g/mol. The molecule has 0 bridgehead atoms. The van der Waals surface area contributed by atoms with E-state index in [-0.39, 0.29) is 18.4 Å². The molecule has 2 amide bonds. The molecule has 0 radical (unpaired) electrons. The van der Waals surface area contributed by atoms with Crippen molar-refractivity contribution in [3.05, 3.63) is 60.8 Å². The normalized spacial score (nSPS) is 16.9. The van der Waals surface area contributed by atoms with Crippen LogP contribution in [0.2, 0.25) is 0 Å². The van der Waals surface area contributed by atoms with Gasteiger partial charge in [-0.15, -0.1) is 0 Å². The van der Waals surface area contributed by atoms with E-state index >= 15 is 0 Å². The monoisotopic (exact) mass is 320 g/mol. The molecule has 1 aliphatic rings. The Hall–Kier alpha value is -3.15. The number of para-hydroxylation sites is 2. The van der Waals surface area contributed by atoms with Gasteiger partial charge in [0.2, 0.25) is 5.91 Å². The molecule has 0 aliphatic carbocycles. The van der Waals surface area contributed by atoms with Crippen molar-refractivity contribution in [1.29, 1.82) is 0 Å². The lowest BCUT2D eigenvalue weighted by Crippen LogP contribution is -2.64. The third kappa shape index (κ3) is 2.52. The maximum absolute atomic E-state index is 12.2. The standard InChI is InChI=1S/C18H16N4O2/c23-17(12-22-16-9-5-4-6-13(16)10-19-22)20-15-11-21(18(15)24)14-7-2-1-3-8-14/h1-10,15H,11-12H2,(H,20,23). The highest BCUT2D eigenvalue weighted by molar-refractivity contribution is 6.05. The van der Waals surface area contributed by atoms with Crippen molar-refractivity contribution in [3.8, 4) is 0 Å². The van der Waals surface area contributed by atoms with E-state index in [1.807, 2.05) is 54.6 Å². The van der Waals surface area contributed by atoms with Crippen LogP contribution in [0, 0.1) is 0 Å². The molecule has 1 atom stereocenters. The second-order valence-corrected chi connectivity index (χ2v) is 5.77.